The van der Waals surface area contributed by atoms with Gasteiger partial charge in [-0.25, -0.2) is 0 Å². The highest BCUT2D eigenvalue weighted by Crippen LogP contribution is 2.04. The van der Waals surface area contributed by atoms with Gasteiger partial charge in [0.1, 0.15) is 18.3 Å². The van der Waals surface area contributed by atoms with Crippen LogP contribution in [-0.2, 0) is 4.79 Å². The molecule has 14 heavy (non-hydrogen) atoms. The average molecular weight is 229 g/mol. The van der Waals surface area contributed by atoms with Gasteiger partial charge in [0, 0.05) is 0 Å². The molecular formula is C6H15NO6S. The van der Waals surface area contributed by atoms with E-state index in [4.69, 9.17) is 25.5 Å². The van der Waals surface area contributed by atoms with Gasteiger partial charge in [-0.3, -0.25) is 4.79 Å². The number of hydrogen-bond acceptors (Lipinski definition) is 6. The Morgan fingerprint density at radius 3 is 1.86 bits per heavy atom. The SMILES string of the molecule is NC(=O)[C@H](O)[C@@H](O)[C@H](O)[C@H](O)CO.S. The molecule has 0 heterocycles. The van der Waals surface area contributed by atoms with Crippen LogP contribution in [0.2, 0.25) is 0 Å². The Morgan fingerprint density at radius 1 is 1.14 bits per heavy atom. The summed E-state index contributed by atoms with van der Waals surface area (Å²) in [6.45, 7) is -0.802. The molecule has 0 aliphatic heterocycles. The van der Waals surface area contributed by atoms with Crippen molar-refractivity contribution in [2.75, 3.05) is 6.61 Å². The fourth-order valence-electron chi connectivity index (χ4n) is 0.691. The molecule has 0 bridgehead atoms. The van der Waals surface area contributed by atoms with Gasteiger partial charge in [-0.15, -0.1) is 0 Å². The van der Waals surface area contributed by atoms with E-state index in [0.717, 1.165) is 0 Å². The standard InChI is InChI=1S/C6H13NO6.H2S/c7-6(13)5(12)4(11)3(10)2(9)1-8;/h2-5,8-12H,1H2,(H2,7,13);1H2/t2-,3-,4+,5-;/m1./s1. The molecule has 7 N–H and O–H groups in total. The maximum atomic E-state index is 10.3. The number of aliphatic hydroxyl groups excluding tert-OH is 5. The van der Waals surface area contributed by atoms with Crippen molar-refractivity contribution in [2.45, 2.75) is 24.4 Å². The number of primary amides is 1. The molecule has 7 nitrogen and oxygen atoms in total. The fourth-order valence-corrected chi connectivity index (χ4v) is 0.691. The summed E-state index contributed by atoms with van der Waals surface area (Å²) >= 11 is 0. The van der Waals surface area contributed by atoms with Crippen molar-refractivity contribution in [3.8, 4) is 0 Å². The van der Waals surface area contributed by atoms with Crippen LogP contribution in [-0.4, -0.2) is 62.5 Å². The minimum absolute atomic E-state index is 0. The van der Waals surface area contributed by atoms with E-state index in [0.29, 0.717) is 0 Å². The first-order valence-electron chi connectivity index (χ1n) is 3.54. The molecule has 0 spiro atoms. The van der Waals surface area contributed by atoms with E-state index in [1.807, 2.05) is 0 Å². The van der Waals surface area contributed by atoms with Crippen LogP contribution in [0.5, 0.6) is 0 Å². The van der Waals surface area contributed by atoms with Crippen molar-refractivity contribution in [1.29, 1.82) is 0 Å². The average Bonchev–Trinajstić information content (AvgIpc) is 2.12. The van der Waals surface area contributed by atoms with Gasteiger partial charge in [-0.1, -0.05) is 0 Å². The molecule has 0 aliphatic carbocycles. The molecule has 1 amide bonds. The minimum atomic E-state index is -1.98. The zero-order valence-electron chi connectivity index (χ0n) is 7.24. The Morgan fingerprint density at radius 2 is 1.57 bits per heavy atom. The second-order valence-electron chi connectivity index (χ2n) is 2.58. The molecule has 4 atom stereocenters. The predicted octanol–water partition coefficient (Wildman–Crippen LogP) is -3.98. The van der Waals surface area contributed by atoms with Crippen molar-refractivity contribution in [3.05, 3.63) is 0 Å². The van der Waals surface area contributed by atoms with Crippen molar-refractivity contribution >= 4 is 19.4 Å². The molecule has 0 aromatic heterocycles. The molecule has 0 aliphatic rings. The number of aliphatic hydroxyl groups is 5. The van der Waals surface area contributed by atoms with Gasteiger partial charge < -0.3 is 31.3 Å². The maximum absolute atomic E-state index is 10.3. The van der Waals surface area contributed by atoms with Crippen LogP contribution < -0.4 is 5.73 Å². The lowest BCUT2D eigenvalue weighted by atomic mass is 10.0. The Bertz CT molecular complexity index is 180. The number of rotatable bonds is 5. The van der Waals surface area contributed by atoms with Crippen molar-refractivity contribution in [3.63, 3.8) is 0 Å². The lowest BCUT2D eigenvalue weighted by Crippen LogP contribution is -2.50. The highest BCUT2D eigenvalue weighted by Gasteiger charge is 2.32. The third-order valence-electron chi connectivity index (χ3n) is 1.55. The van der Waals surface area contributed by atoms with Crippen molar-refractivity contribution in [2.24, 2.45) is 5.73 Å². The lowest BCUT2D eigenvalue weighted by molar-refractivity contribution is -0.146. The summed E-state index contributed by atoms with van der Waals surface area (Å²) in [5.41, 5.74) is 4.61. The Labute approximate surface area is 87.2 Å². The fraction of sp³-hybridized carbons (Fsp3) is 0.833. The van der Waals surface area contributed by atoms with Crippen LogP contribution in [0.25, 0.3) is 0 Å². The molecular weight excluding hydrogens is 214 g/mol. The van der Waals surface area contributed by atoms with E-state index in [2.05, 4.69) is 5.73 Å². The first-order valence-corrected chi connectivity index (χ1v) is 3.54. The molecule has 0 fully saturated rings. The van der Waals surface area contributed by atoms with Gasteiger partial charge in [0.05, 0.1) is 6.61 Å². The van der Waals surface area contributed by atoms with Crippen molar-refractivity contribution in [1.82, 2.24) is 0 Å². The summed E-state index contributed by atoms with van der Waals surface area (Å²) < 4.78 is 0. The lowest BCUT2D eigenvalue weighted by Gasteiger charge is -2.23. The number of carbonyl (C=O) groups is 1. The number of amides is 1. The second kappa shape index (κ2) is 6.98. The smallest absolute Gasteiger partial charge is 0.249 e. The van der Waals surface area contributed by atoms with Crippen LogP contribution in [0.1, 0.15) is 0 Å². The molecule has 86 valence electrons. The normalized spacial score (nSPS) is 18.9. The predicted molar refractivity (Wildman–Crippen MR) is 50.7 cm³/mol. The Balaban J connectivity index is 0. The topological polar surface area (TPSA) is 144 Å². The largest absolute Gasteiger partial charge is 0.394 e. The maximum Gasteiger partial charge on any atom is 0.249 e. The van der Waals surface area contributed by atoms with E-state index < -0.39 is 36.9 Å². The Kier molecular flexibility index (Phi) is 8.01. The first kappa shape index (κ1) is 16.1. The zero-order chi connectivity index (χ0) is 10.6. The van der Waals surface area contributed by atoms with Gasteiger partial charge in [-0.05, 0) is 0 Å². The molecule has 0 rings (SSSR count). The molecule has 0 unspecified atom stereocenters. The van der Waals surface area contributed by atoms with Gasteiger partial charge >= 0.3 is 0 Å². The van der Waals surface area contributed by atoms with E-state index >= 15 is 0 Å². The van der Waals surface area contributed by atoms with Gasteiger partial charge in [0.2, 0.25) is 5.91 Å². The van der Waals surface area contributed by atoms with Crippen LogP contribution in [0.4, 0.5) is 0 Å². The highest BCUT2D eigenvalue weighted by atomic mass is 32.1. The molecule has 0 aromatic carbocycles. The minimum Gasteiger partial charge on any atom is -0.394 e. The third-order valence-corrected chi connectivity index (χ3v) is 1.55. The van der Waals surface area contributed by atoms with Crippen LogP contribution in [0, 0.1) is 0 Å². The summed E-state index contributed by atoms with van der Waals surface area (Å²) in [4.78, 5) is 10.3. The van der Waals surface area contributed by atoms with E-state index in [9.17, 15) is 4.79 Å². The zero-order valence-corrected chi connectivity index (χ0v) is 8.24. The summed E-state index contributed by atoms with van der Waals surface area (Å²) in [5, 5.41) is 44.0. The first-order chi connectivity index (χ1) is 5.91. The quantitative estimate of drug-likeness (QED) is 0.283. The van der Waals surface area contributed by atoms with E-state index in [-0.39, 0.29) is 13.5 Å². The number of nitrogens with two attached hydrogens (primary N) is 1. The second-order valence-corrected chi connectivity index (χ2v) is 2.58. The monoisotopic (exact) mass is 229 g/mol. The number of hydrogen-bond donors (Lipinski definition) is 6. The molecule has 8 heteroatoms. The van der Waals surface area contributed by atoms with Crippen molar-refractivity contribution < 1.29 is 30.3 Å². The summed E-state index contributed by atoms with van der Waals surface area (Å²) in [5.74, 6) is -1.23. The van der Waals surface area contributed by atoms with Gasteiger partial charge in [0.25, 0.3) is 0 Å². The third kappa shape index (κ3) is 4.22. The number of carbonyl (C=O) groups excluding carboxylic acids is 1. The summed E-state index contributed by atoms with van der Waals surface area (Å²) in [7, 11) is 0. The molecule has 0 saturated carbocycles. The summed E-state index contributed by atoms with van der Waals surface area (Å²) in [6, 6.07) is 0. The van der Waals surface area contributed by atoms with Crippen LogP contribution >= 0.6 is 13.5 Å². The summed E-state index contributed by atoms with van der Waals surface area (Å²) in [6.07, 6.45) is -7.35. The molecule has 0 saturated heterocycles. The van der Waals surface area contributed by atoms with Gasteiger partial charge in [0.15, 0.2) is 6.10 Å². The molecule has 0 radical (unpaired) electrons. The van der Waals surface area contributed by atoms with E-state index in [1.54, 1.807) is 0 Å². The molecule has 0 aromatic rings. The van der Waals surface area contributed by atoms with Gasteiger partial charge in [-0.2, -0.15) is 13.5 Å². The van der Waals surface area contributed by atoms with Crippen LogP contribution in [0.3, 0.4) is 0 Å². The highest BCUT2D eigenvalue weighted by molar-refractivity contribution is 7.59. The Hall–Kier alpha value is -0.380. The van der Waals surface area contributed by atoms with Crippen LogP contribution in [0.15, 0.2) is 0 Å². The van der Waals surface area contributed by atoms with E-state index in [1.165, 1.54) is 0 Å².